The van der Waals surface area contributed by atoms with Crippen LogP contribution in [0.5, 0.6) is 0 Å². The maximum absolute atomic E-state index is 5.94. The molecule has 2 atom stereocenters. The summed E-state index contributed by atoms with van der Waals surface area (Å²) in [5, 5.41) is 4.01. The largest absolute Gasteiger partial charge is 0.319 e. The smallest absolute Gasteiger partial charge is 0.0548 e. The molecular formula is C11H13BrClN. The van der Waals surface area contributed by atoms with E-state index in [1.54, 1.807) is 0 Å². The molecule has 1 aromatic rings. The third-order valence-corrected chi connectivity index (χ3v) is 3.97. The molecule has 1 N–H and O–H groups in total. The lowest BCUT2D eigenvalue weighted by atomic mass is 10.1. The van der Waals surface area contributed by atoms with E-state index in [2.05, 4.69) is 33.4 Å². The standard InChI is InChI=1S/C11H13BrClN/c1-14-6-8-4-9(8)7-2-3-11(13)10(12)5-7/h2-3,5,8-9,14H,4,6H2,1H3. The van der Waals surface area contributed by atoms with Gasteiger partial charge in [-0.2, -0.15) is 0 Å². The first kappa shape index (κ1) is 10.5. The maximum Gasteiger partial charge on any atom is 0.0548 e. The van der Waals surface area contributed by atoms with E-state index in [0.717, 1.165) is 27.9 Å². The Morgan fingerprint density at radius 3 is 3.00 bits per heavy atom. The molecule has 0 radical (unpaired) electrons. The van der Waals surface area contributed by atoms with Crippen molar-refractivity contribution in [2.45, 2.75) is 12.3 Å². The zero-order valence-corrected chi connectivity index (χ0v) is 10.4. The third-order valence-electron chi connectivity index (χ3n) is 2.76. The Bertz CT molecular complexity index is 340. The summed E-state index contributed by atoms with van der Waals surface area (Å²) in [6.45, 7) is 1.12. The van der Waals surface area contributed by atoms with Crippen LogP contribution in [0.25, 0.3) is 0 Å². The van der Waals surface area contributed by atoms with E-state index < -0.39 is 0 Å². The first-order chi connectivity index (χ1) is 6.72. The molecule has 0 spiro atoms. The van der Waals surface area contributed by atoms with Gasteiger partial charge in [0.1, 0.15) is 0 Å². The summed E-state index contributed by atoms with van der Waals surface area (Å²) >= 11 is 9.40. The van der Waals surface area contributed by atoms with Crippen molar-refractivity contribution >= 4 is 27.5 Å². The molecule has 14 heavy (non-hydrogen) atoms. The van der Waals surface area contributed by atoms with Crippen LogP contribution >= 0.6 is 27.5 Å². The second kappa shape index (κ2) is 4.21. The fourth-order valence-electron chi connectivity index (χ4n) is 1.89. The minimum atomic E-state index is 0.732. The van der Waals surface area contributed by atoms with Gasteiger partial charge in [-0.05, 0) is 65.5 Å². The predicted octanol–water partition coefficient (Wildman–Crippen LogP) is 3.43. The second-order valence-corrected chi connectivity index (χ2v) is 5.10. The molecule has 0 heterocycles. The zero-order chi connectivity index (χ0) is 10.1. The van der Waals surface area contributed by atoms with E-state index in [-0.39, 0.29) is 0 Å². The molecule has 1 nitrogen and oxygen atoms in total. The van der Waals surface area contributed by atoms with Gasteiger partial charge in [0.15, 0.2) is 0 Å². The number of nitrogens with one attached hydrogen (secondary N) is 1. The number of halogens is 2. The van der Waals surface area contributed by atoms with E-state index in [9.17, 15) is 0 Å². The van der Waals surface area contributed by atoms with Crippen LogP contribution in [0, 0.1) is 5.92 Å². The lowest BCUT2D eigenvalue weighted by molar-refractivity contribution is 0.698. The molecule has 0 saturated heterocycles. The molecule has 3 heteroatoms. The summed E-state index contributed by atoms with van der Waals surface area (Å²) < 4.78 is 1.01. The van der Waals surface area contributed by atoms with Crippen molar-refractivity contribution in [2.75, 3.05) is 13.6 Å². The lowest BCUT2D eigenvalue weighted by Crippen LogP contribution is -2.10. The molecule has 1 aliphatic rings. The van der Waals surface area contributed by atoms with Crippen LogP contribution in [0.1, 0.15) is 17.9 Å². The molecule has 2 unspecified atom stereocenters. The van der Waals surface area contributed by atoms with Crippen molar-refractivity contribution in [1.29, 1.82) is 0 Å². The summed E-state index contributed by atoms with van der Waals surface area (Å²) in [6.07, 6.45) is 1.30. The molecule has 1 saturated carbocycles. The molecule has 1 aliphatic carbocycles. The Hall–Kier alpha value is -0.0500. The minimum Gasteiger partial charge on any atom is -0.319 e. The van der Waals surface area contributed by atoms with Gasteiger partial charge in [0.2, 0.25) is 0 Å². The van der Waals surface area contributed by atoms with E-state index >= 15 is 0 Å². The summed E-state index contributed by atoms with van der Waals surface area (Å²) in [7, 11) is 2.01. The van der Waals surface area contributed by atoms with Crippen LogP contribution in [-0.4, -0.2) is 13.6 Å². The Morgan fingerprint density at radius 1 is 1.57 bits per heavy atom. The van der Waals surface area contributed by atoms with Gasteiger partial charge in [-0.3, -0.25) is 0 Å². The molecule has 1 aromatic carbocycles. The molecular weight excluding hydrogens is 261 g/mol. The Labute approximate surface area is 98.0 Å². The lowest BCUT2D eigenvalue weighted by Gasteiger charge is -2.02. The fourth-order valence-corrected chi connectivity index (χ4v) is 2.40. The first-order valence-electron chi connectivity index (χ1n) is 4.82. The minimum absolute atomic E-state index is 0.732. The van der Waals surface area contributed by atoms with Gasteiger partial charge in [-0.15, -0.1) is 0 Å². The van der Waals surface area contributed by atoms with E-state index in [1.165, 1.54) is 12.0 Å². The highest BCUT2D eigenvalue weighted by Crippen LogP contribution is 2.47. The zero-order valence-electron chi connectivity index (χ0n) is 8.06. The number of benzene rings is 1. The molecule has 0 amide bonds. The molecule has 76 valence electrons. The van der Waals surface area contributed by atoms with Crippen molar-refractivity contribution in [3.63, 3.8) is 0 Å². The summed E-state index contributed by atoms with van der Waals surface area (Å²) in [5.41, 5.74) is 1.40. The van der Waals surface area contributed by atoms with Crippen molar-refractivity contribution < 1.29 is 0 Å². The third kappa shape index (κ3) is 2.13. The average molecular weight is 275 g/mol. The summed E-state index contributed by atoms with van der Waals surface area (Å²) in [4.78, 5) is 0. The number of hydrogen-bond donors (Lipinski definition) is 1. The highest BCUT2D eigenvalue weighted by molar-refractivity contribution is 9.10. The second-order valence-electron chi connectivity index (χ2n) is 3.83. The van der Waals surface area contributed by atoms with Crippen molar-refractivity contribution in [2.24, 2.45) is 5.92 Å². The monoisotopic (exact) mass is 273 g/mol. The molecule has 0 aromatic heterocycles. The van der Waals surface area contributed by atoms with Crippen LogP contribution < -0.4 is 5.32 Å². The highest BCUT2D eigenvalue weighted by Gasteiger charge is 2.37. The quantitative estimate of drug-likeness (QED) is 0.890. The van der Waals surface area contributed by atoms with E-state index in [4.69, 9.17) is 11.6 Å². The molecule has 0 aliphatic heterocycles. The number of hydrogen-bond acceptors (Lipinski definition) is 1. The van der Waals surface area contributed by atoms with Gasteiger partial charge in [-0.1, -0.05) is 17.7 Å². The molecule has 0 bridgehead atoms. The van der Waals surface area contributed by atoms with Crippen molar-refractivity contribution in [3.8, 4) is 0 Å². The predicted molar refractivity (Wildman–Crippen MR) is 63.9 cm³/mol. The van der Waals surface area contributed by atoms with Crippen molar-refractivity contribution in [1.82, 2.24) is 5.32 Å². The fraction of sp³-hybridized carbons (Fsp3) is 0.455. The van der Waals surface area contributed by atoms with Gasteiger partial charge >= 0.3 is 0 Å². The van der Waals surface area contributed by atoms with Crippen LogP contribution in [0.3, 0.4) is 0 Å². The van der Waals surface area contributed by atoms with Crippen LogP contribution in [-0.2, 0) is 0 Å². The number of rotatable bonds is 3. The van der Waals surface area contributed by atoms with Gasteiger partial charge in [-0.25, -0.2) is 0 Å². The summed E-state index contributed by atoms with van der Waals surface area (Å²) in [5.74, 6) is 1.55. The van der Waals surface area contributed by atoms with Gasteiger partial charge < -0.3 is 5.32 Å². The highest BCUT2D eigenvalue weighted by atomic mass is 79.9. The molecule has 1 fully saturated rings. The van der Waals surface area contributed by atoms with Crippen LogP contribution in [0.4, 0.5) is 0 Å². The normalized spacial score (nSPS) is 25.1. The first-order valence-corrected chi connectivity index (χ1v) is 5.99. The van der Waals surface area contributed by atoms with Crippen molar-refractivity contribution in [3.05, 3.63) is 33.3 Å². The Kier molecular flexibility index (Phi) is 3.15. The van der Waals surface area contributed by atoms with Crippen LogP contribution in [0.15, 0.2) is 22.7 Å². The van der Waals surface area contributed by atoms with Gasteiger partial charge in [0, 0.05) is 4.47 Å². The summed E-state index contributed by atoms with van der Waals surface area (Å²) in [6, 6.07) is 6.24. The molecule has 2 rings (SSSR count). The maximum atomic E-state index is 5.94. The Morgan fingerprint density at radius 2 is 2.36 bits per heavy atom. The Balaban J connectivity index is 2.08. The van der Waals surface area contributed by atoms with E-state index in [1.807, 2.05) is 13.1 Å². The van der Waals surface area contributed by atoms with Gasteiger partial charge in [0.25, 0.3) is 0 Å². The van der Waals surface area contributed by atoms with Gasteiger partial charge in [0.05, 0.1) is 5.02 Å². The van der Waals surface area contributed by atoms with E-state index in [0.29, 0.717) is 0 Å². The topological polar surface area (TPSA) is 12.0 Å². The SMILES string of the molecule is CNCC1CC1c1ccc(Cl)c(Br)c1. The van der Waals surface area contributed by atoms with Crippen LogP contribution in [0.2, 0.25) is 5.02 Å². The average Bonchev–Trinajstić information content (AvgIpc) is 2.90.